The van der Waals surface area contributed by atoms with Gasteiger partial charge in [0.15, 0.2) is 0 Å². The highest BCUT2D eigenvalue weighted by atomic mass is 16.2. The third-order valence-corrected chi connectivity index (χ3v) is 3.88. The van der Waals surface area contributed by atoms with E-state index < -0.39 is 0 Å². The lowest BCUT2D eigenvalue weighted by Crippen LogP contribution is -2.42. The largest absolute Gasteiger partial charge is 0.329 e. The zero-order valence-electron chi connectivity index (χ0n) is 14.2. The summed E-state index contributed by atoms with van der Waals surface area (Å²) < 4.78 is 0. The number of nitrogens with one attached hydrogen (secondary N) is 2. The van der Waals surface area contributed by atoms with Crippen molar-refractivity contribution in [1.82, 2.24) is 25.3 Å². The average molecular weight is 336 g/mol. The number of amides is 2. The van der Waals surface area contributed by atoms with Crippen molar-refractivity contribution >= 4 is 6.03 Å². The fourth-order valence-electron chi connectivity index (χ4n) is 2.57. The van der Waals surface area contributed by atoms with Crippen LogP contribution in [0.25, 0.3) is 0 Å². The second-order valence-corrected chi connectivity index (χ2v) is 5.56. The summed E-state index contributed by atoms with van der Waals surface area (Å²) in [6.07, 6.45) is 0. The van der Waals surface area contributed by atoms with Gasteiger partial charge in [0, 0.05) is 65.4 Å². The Hall–Kier alpha value is -1.91. The molecule has 1 rings (SSSR count). The summed E-state index contributed by atoms with van der Waals surface area (Å²) in [6.45, 7) is 7.72. The maximum Gasteiger partial charge on any atom is 0.320 e. The lowest BCUT2D eigenvalue weighted by Gasteiger charge is -2.25. The van der Waals surface area contributed by atoms with Gasteiger partial charge >= 0.3 is 6.03 Å². The lowest BCUT2D eigenvalue weighted by atomic mass is 10.4. The van der Waals surface area contributed by atoms with E-state index in [4.69, 9.17) is 16.3 Å². The summed E-state index contributed by atoms with van der Waals surface area (Å²) in [5.41, 5.74) is 5.64. The molecule has 1 fully saturated rings. The zero-order chi connectivity index (χ0) is 17.6. The highest BCUT2D eigenvalue weighted by Crippen LogP contribution is 2.07. The first-order valence-electron chi connectivity index (χ1n) is 8.34. The van der Waals surface area contributed by atoms with Crippen LogP contribution in [0.1, 0.15) is 0 Å². The molecule has 24 heavy (non-hydrogen) atoms. The number of rotatable bonds is 13. The van der Waals surface area contributed by atoms with Gasteiger partial charge in [-0.05, 0) is 0 Å². The minimum absolute atomic E-state index is 0.0593. The van der Waals surface area contributed by atoms with Crippen LogP contribution in [-0.2, 0) is 0 Å². The van der Waals surface area contributed by atoms with E-state index in [1.54, 1.807) is 0 Å². The van der Waals surface area contributed by atoms with E-state index in [0.29, 0.717) is 39.3 Å². The fourth-order valence-corrected chi connectivity index (χ4v) is 2.57. The predicted molar refractivity (Wildman–Crippen MR) is 91.0 cm³/mol. The van der Waals surface area contributed by atoms with Crippen molar-refractivity contribution in [3.63, 3.8) is 0 Å². The van der Waals surface area contributed by atoms with Crippen molar-refractivity contribution in [2.45, 2.75) is 0 Å². The topological polar surface area (TPSA) is 124 Å². The van der Waals surface area contributed by atoms with E-state index in [-0.39, 0.29) is 6.03 Å². The third-order valence-electron chi connectivity index (χ3n) is 3.88. The van der Waals surface area contributed by atoms with Crippen LogP contribution >= 0.6 is 0 Å². The van der Waals surface area contributed by atoms with E-state index >= 15 is 0 Å². The standard InChI is InChI=1S/C15H28N8O/c16-1-4-19-6-9-21(8-3-18)11-12-23-14-13-22(15(23)24)10-7-20-5-2-17/h19-20H,3-14,18H2. The van der Waals surface area contributed by atoms with Gasteiger partial charge in [0.2, 0.25) is 0 Å². The van der Waals surface area contributed by atoms with Gasteiger partial charge in [0.25, 0.3) is 0 Å². The molecule has 134 valence electrons. The van der Waals surface area contributed by atoms with Gasteiger partial charge in [-0.2, -0.15) is 10.5 Å². The predicted octanol–water partition coefficient (Wildman–Crippen LogP) is -1.79. The van der Waals surface area contributed by atoms with Crippen molar-refractivity contribution in [2.24, 2.45) is 5.73 Å². The molecule has 0 bridgehead atoms. The molecule has 0 unspecified atom stereocenters. The molecule has 1 aliphatic heterocycles. The van der Waals surface area contributed by atoms with Crippen molar-refractivity contribution < 1.29 is 4.79 Å². The average Bonchev–Trinajstić information content (AvgIpc) is 2.93. The minimum atomic E-state index is 0.0593. The first kappa shape index (κ1) is 20.1. The van der Waals surface area contributed by atoms with Crippen LogP contribution in [0, 0.1) is 22.7 Å². The Balaban J connectivity index is 2.27. The number of carbonyl (C=O) groups excluding carboxylic acids is 1. The Bertz CT molecular complexity index is 444. The number of hydrogen-bond donors (Lipinski definition) is 3. The summed E-state index contributed by atoms with van der Waals surface area (Å²) in [5, 5.41) is 23.0. The molecule has 1 aliphatic rings. The quantitative estimate of drug-likeness (QED) is 0.268. The first-order chi connectivity index (χ1) is 11.7. The van der Waals surface area contributed by atoms with Crippen molar-refractivity contribution in [1.29, 1.82) is 10.5 Å². The molecule has 0 aliphatic carbocycles. The van der Waals surface area contributed by atoms with Gasteiger partial charge in [-0.1, -0.05) is 0 Å². The van der Waals surface area contributed by atoms with Crippen molar-refractivity contribution in [3.05, 3.63) is 0 Å². The fraction of sp³-hybridized carbons (Fsp3) is 0.800. The van der Waals surface area contributed by atoms with Crippen LogP contribution in [0.15, 0.2) is 0 Å². The Morgan fingerprint density at radius 2 is 1.62 bits per heavy atom. The van der Waals surface area contributed by atoms with Crippen LogP contribution in [0.2, 0.25) is 0 Å². The van der Waals surface area contributed by atoms with Crippen molar-refractivity contribution in [2.75, 3.05) is 78.5 Å². The molecule has 0 saturated carbocycles. The summed E-state index contributed by atoms with van der Waals surface area (Å²) >= 11 is 0. The van der Waals surface area contributed by atoms with E-state index in [1.165, 1.54) is 0 Å². The second-order valence-electron chi connectivity index (χ2n) is 5.56. The summed E-state index contributed by atoms with van der Waals surface area (Å²) in [6, 6.07) is 4.13. The number of carbonyl (C=O) groups is 1. The van der Waals surface area contributed by atoms with Crippen LogP contribution in [0.5, 0.6) is 0 Å². The Labute approximate surface area is 144 Å². The number of hydrogen-bond acceptors (Lipinski definition) is 7. The summed E-state index contributed by atoms with van der Waals surface area (Å²) in [4.78, 5) is 18.2. The smallest absolute Gasteiger partial charge is 0.320 e. The molecule has 4 N–H and O–H groups in total. The Morgan fingerprint density at radius 1 is 1.00 bits per heavy atom. The molecule has 0 atom stereocenters. The monoisotopic (exact) mass is 336 g/mol. The highest BCUT2D eigenvalue weighted by molar-refractivity contribution is 5.76. The van der Waals surface area contributed by atoms with Crippen LogP contribution in [-0.4, -0.2) is 99.3 Å². The normalized spacial score (nSPS) is 14.2. The van der Waals surface area contributed by atoms with E-state index in [0.717, 1.165) is 39.3 Å². The van der Waals surface area contributed by atoms with Gasteiger partial charge in [-0.25, -0.2) is 4.79 Å². The lowest BCUT2D eigenvalue weighted by molar-refractivity contribution is 0.183. The molecular formula is C15H28N8O. The van der Waals surface area contributed by atoms with Crippen LogP contribution in [0.3, 0.4) is 0 Å². The number of urea groups is 1. The molecule has 9 nitrogen and oxygen atoms in total. The zero-order valence-corrected chi connectivity index (χ0v) is 14.2. The SMILES string of the molecule is N#CCNCCN(CCN)CCN1CCN(CCNCC#N)C1=O. The molecule has 0 radical (unpaired) electrons. The van der Waals surface area contributed by atoms with Gasteiger partial charge in [-0.15, -0.1) is 0 Å². The first-order valence-corrected chi connectivity index (χ1v) is 8.34. The van der Waals surface area contributed by atoms with Gasteiger partial charge < -0.3 is 26.2 Å². The molecule has 0 spiro atoms. The van der Waals surface area contributed by atoms with Gasteiger partial charge in [0.05, 0.1) is 25.2 Å². The third kappa shape index (κ3) is 7.57. The van der Waals surface area contributed by atoms with E-state index in [2.05, 4.69) is 15.5 Å². The number of nitriles is 2. The maximum absolute atomic E-state index is 12.3. The number of nitrogens with zero attached hydrogens (tertiary/aromatic N) is 5. The number of nitrogens with two attached hydrogens (primary N) is 1. The molecule has 1 heterocycles. The van der Waals surface area contributed by atoms with E-state index in [1.807, 2.05) is 21.9 Å². The van der Waals surface area contributed by atoms with E-state index in [9.17, 15) is 4.79 Å². The molecule has 9 heteroatoms. The summed E-state index contributed by atoms with van der Waals surface area (Å²) in [5.74, 6) is 0. The van der Waals surface area contributed by atoms with Crippen molar-refractivity contribution in [3.8, 4) is 12.1 Å². The second kappa shape index (κ2) is 12.5. The van der Waals surface area contributed by atoms with Gasteiger partial charge in [0.1, 0.15) is 0 Å². The van der Waals surface area contributed by atoms with Crippen LogP contribution in [0.4, 0.5) is 4.79 Å². The summed E-state index contributed by atoms with van der Waals surface area (Å²) in [7, 11) is 0. The molecule has 0 aromatic rings. The Kier molecular flexibility index (Phi) is 10.5. The Morgan fingerprint density at radius 3 is 2.25 bits per heavy atom. The molecule has 2 amide bonds. The highest BCUT2D eigenvalue weighted by Gasteiger charge is 2.27. The maximum atomic E-state index is 12.3. The molecule has 0 aromatic heterocycles. The minimum Gasteiger partial charge on any atom is -0.329 e. The molecule has 0 aromatic carbocycles. The molecule has 1 saturated heterocycles. The van der Waals surface area contributed by atoms with Crippen LogP contribution < -0.4 is 16.4 Å². The van der Waals surface area contributed by atoms with Gasteiger partial charge in [-0.3, -0.25) is 4.90 Å². The molecular weight excluding hydrogens is 308 g/mol.